The molecule has 132 valence electrons. The Hall–Kier alpha value is -3.16. The van der Waals surface area contributed by atoms with Crippen LogP contribution in [-0.2, 0) is 4.79 Å². The number of anilines is 1. The summed E-state index contributed by atoms with van der Waals surface area (Å²) < 4.78 is 17.9. The first-order chi connectivity index (χ1) is 11.8. The molecule has 0 radical (unpaired) electrons. The number of aromatic carboxylic acids is 1. The summed E-state index contributed by atoms with van der Waals surface area (Å²) in [5.41, 5.74) is 0.397. The predicted octanol–water partition coefficient (Wildman–Crippen LogP) is 2.61. The Morgan fingerprint density at radius 2 is 1.72 bits per heavy atom. The van der Waals surface area contributed by atoms with Crippen LogP contribution in [0.5, 0.6) is 0 Å². The molecule has 25 heavy (non-hydrogen) atoms. The Bertz CT molecular complexity index is 783. The summed E-state index contributed by atoms with van der Waals surface area (Å²) in [6.07, 6.45) is 0. The molecule has 0 saturated heterocycles. The zero-order valence-electron chi connectivity index (χ0n) is 13.7. The Kier molecular flexibility index (Phi) is 5.53. The van der Waals surface area contributed by atoms with Gasteiger partial charge in [-0.15, -0.1) is 0 Å². The molecule has 0 unspecified atom stereocenters. The van der Waals surface area contributed by atoms with Gasteiger partial charge >= 0.3 is 5.97 Å². The van der Waals surface area contributed by atoms with E-state index in [4.69, 9.17) is 9.52 Å². The standard InChI is InChI=1S/C17H17FN2O5/c1-10(2)20(16(22)13-7-8-14(25-13)17(23)24)9-15(21)19-12-5-3-11(18)4-6-12/h3-8,10H,9H2,1-2H3,(H,19,21)(H,23,24). The van der Waals surface area contributed by atoms with E-state index >= 15 is 0 Å². The third-order valence-corrected chi connectivity index (χ3v) is 3.35. The normalized spacial score (nSPS) is 10.6. The highest BCUT2D eigenvalue weighted by molar-refractivity contribution is 5.98. The molecule has 1 heterocycles. The Labute approximate surface area is 143 Å². The smallest absolute Gasteiger partial charge is 0.371 e. The summed E-state index contributed by atoms with van der Waals surface area (Å²) in [4.78, 5) is 36.7. The van der Waals surface area contributed by atoms with Gasteiger partial charge in [0.2, 0.25) is 11.7 Å². The molecule has 0 atom stereocenters. The summed E-state index contributed by atoms with van der Waals surface area (Å²) in [5, 5.41) is 11.4. The summed E-state index contributed by atoms with van der Waals surface area (Å²) >= 11 is 0. The fraction of sp³-hybridized carbons (Fsp3) is 0.235. The molecule has 2 aromatic rings. The summed E-state index contributed by atoms with van der Waals surface area (Å²) in [7, 11) is 0. The Balaban J connectivity index is 2.08. The molecular formula is C17H17FN2O5. The van der Waals surface area contributed by atoms with E-state index in [1.807, 2.05) is 0 Å². The number of carbonyl (C=O) groups is 3. The Morgan fingerprint density at radius 1 is 1.12 bits per heavy atom. The zero-order valence-corrected chi connectivity index (χ0v) is 13.7. The van der Waals surface area contributed by atoms with Crippen molar-refractivity contribution in [1.29, 1.82) is 0 Å². The molecule has 2 N–H and O–H groups in total. The van der Waals surface area contributed by atoms with E-state index in [1.165, 1.54) is 41.3 Å². The molecular weight excluding hydrogens is 331 g/mol. The largest absolute Gasteiger partial charge is 0.475 e. The van der Waals surface area contributed by atoms with Crippen LogP contribution in [0, 0.1) is 5.82 Å². The van der Waals surface area contributed by atoms with Crippen LogP contribution in [-0.4, -0.2) is 40.4 Å². The maximum atomic E-state index is 12.9. The summed E-state index contributed by atoms with van der Waals surface area (Å²) in [6.45, 7) is 3.16. The number of amides is 2. The minimum atomic E-state index is -1.29. The van der Waals surface area contributed by atoms with Gasteiger partial charge in [0.05, 0.1) is 0 Å². The van der Waals surface area contributed by atoms with Crippen LogP contribution in [0.25, 0.3) is 0 Å². The predicted molar refractivity (Wildman–Crippen MR) is 86.9 cm³/mol. The number of benzene rings is 1. The summed E-state index contributed by atoms with van der Waals surface area (Å²) in [5.74, 6) is -3.31. The highest BCUT2D eigenvalue weighted by atomic mass is 19.1. The molecule has 0 spiro atoms. The number of hydrogen-bond donors (Lipinski definition) is 2. The monoisotopic (exact) mass is 348 g/mol. The lowest BCUT2D eigenvalue weighted by atomic mass is 10.2. The van der Waals surface area contributed by atoms with Crippen LogP contribution < -0.4 is 5.32 Å². The molecule has 0 aliphatic carbocycles. The molecule has 0 aliphatic rings. The van der Waals surface area contributed by atoms with Crippen LogP contribution in [0.1, 0.15) is 35.0 Å². The van der Waals surface area contributed by atoms with Gasteiger partial charge in [-0.25, -0.2) is 9.18 Å². The number of carboxylic acid groups (broad SMARTS) is 1. The first-order valence-electron chi connectivity index (χ1n) is 7.47. The third kappa shape index (κ3) is 4.66. The molecule has 7 nitrogen and oxygen atoms in total. The third-order valence-electron chi connectivity index (χ3n) is 3.35. The maximum absolute atomic E-state index is 12.9. The van der Waals surface area contributed by atoms with Crippen molar-refractivity contribution in [2.45, 2.75) is 19.9 Å². The Morgan fingerprint density at radius 3 is 2.24 bits per heavy atom. The summed E-state index contributed by atoms with van der Waals surface area (Å²) in [6, 6.07) is 7.31. The lowest BCUT2D eigenvalue weighted by Gasteiger charge is -2.25. The number of nitrogens with one attached hydrogen (secondary N) is 1. The first kappa shape index (κ1) is 18.2. The minimum Gasteiger partial charge on any atom is -0.475 e. The van der Waals surface area contributed by atoms with E-state index in [-0.39, 0.29) is 24.1 Å². The molecule has 0 bridgehead atoms. The van der Waals surface area contributed by atoms with Crippen molar-refractivity contribution >= 4 is 23.5 Å². The van der Waals surface area contributed by atoms with Crippen LogP contribution in [0.3, 0.4) is 0 Å². The van der Waals surface area contributed by atoms with Gasteiger partial charge < -0.3 is 19.7 Å². The van der Waals surface area contributed by atoms with Gasteiger partial charge in [-0.3, -0.25) is 9.59 Å². The second-order valence-electron chi connectivity index (χ2n) is 5.55. The number of hydrogen-bond acceptors (Lipinski definition) is 4. The van der Waals surface area contributed by atoms with Crippen molar-refractivity contribution in [3.05, 3.63) is 53.7 Å². The zero-order chi connectivity index (χ0) is 18.6. The second kappa shape index (κ2) is 7.61. The van der Waals surface area contributed by atoms with Gasteiger partial charge in [-0.1, -0.05) is 0 Å². The molecule has 2 rings (SSSR count). The van der Waals surface area contributed by atoms with Crippen molar-refractivity contribution in [2.24, 2.45) is 0 Å². The van der Waals surface area contributed by atoms with Crippen LogP contribution in [0.15, 0.2) is 40.8 Å². The van der Waals surface area contributed by atoms with Crippen LogP contribution in [0.4, 0.5) is 10.1 Å². The fourth-order valence-corrected chi connectivity index (χ4v) is 2.09. The van der Waals surface area contributed by atoms with Gasteiger partial charge in [-0.2, -0.15) is 0 Å². The van der Waals surface area contributed by atoms with Crippen molar-refractivity contribution in [3.8, 4) is 0 Å². The van der Waals surface area contributed by atoms with Gasteiger partial charge in [0.25, 0.3) is 5.91 Å². The highest BCUT2D eigenvalue weighted by Gasteiger charge is 2.25. The molecule has 2 amide bonds. The SMILES string of the molecule is CC(C)N(CC(=O)Nc1ccc(F)cc1)C(=O)c1ccc(C(=O)O)o1. The van der Waals surface area contributed by atoms with Gasteiger partial charge in [0, 0.05) is 11.7 Å². The minimum absolute atomic E-state index is 0.166. The highest BCUT2D eigenvalue weighted by Crippen LogP contribution is 2.14. The number of furan rings is 1. The first-order valence-corrected chi connectivity index (χ1v) is 7.47. The van der Waals surface area contributed by atoms with E-state index in [0.29, 0.717) is 5.69 Å². The number of halogens is 1. The van der Waals surface area contributed by atoms with Crippen LogP contribution in [0.2, 0.25) is 0 Å². The number of carboxylic acids is 1. The van der Waals surface area contributed by atoms with E-state index in [0.717, 1.165) is 0 Å². The lowest BCUT2D eigenvalue weighted by molar-refractivity contribution is -0.117. The number of nitrogens with zero attached hydrogens (tertiary/aromatic N) is 1. The number of rotatable bonds is 6. The van der Waals surface area contributed by atoms with Crippen LogP contribution >= 0.6 is 0 Å². The van der Waals surface area contributed by atoms with E-state index in [2.05, 4.69) is 5.32 Å². The molecule has 0 fully saturated rings. The topological polar surface area (TPSA) is 99.9 Å². The van der Waals surface area contributed by atoms with Crippen molar-refractivity contribution < 1.29 is 28.3 Å². The van der Waals surface area contributed by atoms with Crippen molar-refractivity contribution in [2.75, 3.05) is 11.9 Å². The van der Waals surface area contributed by atoms with Gasteiger partial charge in [-0.05, 0) is 50.2 Å². The molecule has 1 aromatic heterocycles. The van der Waals surface area contributed by atoms with Gasteiger partial charge in [0.1, 0.15) is 12.4 Å². The van der Waals surface area contributed by atoms with Gasteiger partial charge in [0.15, 0.2) is 5.76 Å². The lowest BCUT2D eigenvalue weighted by Crippen LogP contribution is -2.42. The van der Waals surface area contributed by atoms with E-state index in [1.54, 1.807) is 13.8 Å². The number of carbonyl (C=O) groups excluding carboxylic acids is 2. The molecule has 0 aliphatic heterocycles. The van der Waals surface area contributed by atoms with Crippen molar-refractivity contribution in [1.82, 2.24) is 4.90 Å². The van der Waals surface area contributed by atoms with E-state index < -0.39 is 23.6 Å². The average Bonchev–Trinajstić information content (AvgIpc) is 3.04. The quantitative estimate of drug-likeness (QED) is 0.836. The molecule has 8 heteroatoms. The second-order valence-corrected chi connectivity index (χ2v) is 5.55. The fourth-order valence-electron chi connectivity index (χ4n) is 2.09. The molecule has 0 saturated carbocycles. The average molecular weight is 348 g/mol. The maximum Gasteiger partial charge on any atom is 0.371 e. The van der Waals surface area contributed by atoms with E-state index in [9.17, 15) is 18.8 Å². The molecule has 1 aromatic carbocycles. The van der Waals surface area contributed by atoms with Crippen molar-refractivity contribution in [3.63, 3.8) is 0 Å².